The summed E-state index contributed by atoms with van der Waals surface area (Å²) in [5.74, 6) is 2.18. The number of carbonyl (C=O) groups is 2. The van der Waals surface area contributed by atoms with E-state index < -0.39 is 0 Å². The Hall–Kier alpha value is -1.06. The van der Waals surface area contributed by atoms with Gasteiger partial charge in [-0.25, -0.2) is 0 Å². The Kier molecular flexibility index (Phi) is 4.25. The number of nitrogens with one attached hydrogen (secondary N) is 1. The molecule has 2 amide bonds. The molecule has 2 aliphatic rings. The van der Waals surface area contributed by atoms with Gasteiger partial charge in [0.1, 0.15) is 0 Å². The molecule has 18 heavy (non-hydrogen) atoms. The van der Waals surface area contributed by atoms with Gasteiger partial charge >= 0.3 is 0 Å². The van der Waals surface area contributed by atoms with E-state index in [0.29, 0.717) is 13.0 Å². The Bertz CT molecular complexity index is 316. The summed E-state index contributed by atoms with van der Waals surface area (Å²) < 4.78 is 0. The van der Waals surface area contributed by atoms with Crippen LogP contribution < -0.4 is 5.32 Å². The van der Waals surface area contributed by atoms with Crippen LogP contribution >= 0.6 is 0 Å². The fourth-order valence-corrected chi connectivity index (χ4v) is 3.10. The Morgan fingerprint density at radius 1 is 1.11 bits per heavy atom. The molecule has 4 heteroatoms. The predicted molar refractivity (Wildman–Crippen MR) is 69.9 cm³/mol. The summed E-state index contributed by atoms with van der Waals surface area (Å²) in [6.45, 7) is 5.93. The molecule has 0 spiro atoms. The summed E-state index contributed by atoms with van der Waals surface area (Å²) in [6.07, 6.45) is 3.90. The number of hydrogen-bond acceptors (Lipinski definition) is 2. The first-order valence-corrected chi connectivity index (χ1v) is 7.21. The molecule has 2 saturated carbocycles. The van der Waals surface area contributed by atoms with Crippen LogP contribution in [-0.2, 0) is 9.59 Å². The summed E-state index contributed by atoms with van der Waals surface area (Å²) in [4.78, 5) is 25.4. The summed E-state index contributed by atoms with van der Waals surface area (Å²) in [6, 6.07) is 0. The van der Waals surface area contributed by atoms with Crippen LogP contribution in [0.5, 0.6) is 0 Å². The number of carbonyl (C=O) groups excluding carboxylic acids is 2. The minimum absolute atomic E-state index is 0.134. The number of fused-ring (bicyclic) bond motifs is 1. The van der Waals surface area contributed by atoms with Gasteiger partial charge in [0.25, 0.3) is 0 Å². The maximum atomic E-state index is 11.9. The second-order valence-electron chi connectivity index (χ2n) is 5.53. The lowest BCUT2D eigenvalue weighted by atomic mass is 10.0. The lowest BCUT2D eigenvalue weighted by molar-refractivity contribution is -0.131. The van der Waals surface area contributed by atoms with Gasteiger partial charge in [-0.05, 0) is 44.9 Å². The van der Waals surface area contributed by atoms with Crippen molar-refractivity contribution in [3.63, 3.8) is 0 Å². The van der Waals surface area contributed by atoms with Crippen molar-refractivity contribution in [2.45, 2.75) is 39.5 Å². The van der Waals surface area contributed by atoms with E-state index in [1.807, 2.05) is 13.8 Å². The number of rotatable bonds is 6. The first kappa shape index (κ1) is 13.4. The van der Waals surface area contributed by atoms with Gasteiger partial charge in [0.05, 0.1) is 0 Å². The van der Waals surface area contributed by atoms with Crippen LogP contribution in [0.25, 0.3) is 0 Å². The van der Waals surface area contributed by atoms with Crippen molar-refractivity contribution in [1.29, 1.82) is 0 Å². The minimum Gasteiger partial charge on any atom is -0.355 e. The molecule has 2 atom stereocenters. The molecule has 0 saturated heterocycles. The zero-order chi connectivity index (χ0) is 13.1. The smallest absolute Gasteiger partial charge is 0.224 e. The fourth-order valence-electron chi connectivity index (χ4n) is 3.10. The quantitative estimate of drug-likeness (QED) is 0.777. The van der Waals surface area contributed by atoms with Crippen molar-refractivity contribution < 1.29 is 9.59 Å². The van der Waals surface area contributed by atoms with Crippen molar-refractivity contribution in [3.8, 4) is 0 Å². The molecule has 2 rings (SSSR count). The lowest BCUT2D eigenvalue weighted by Crippen LogP contribution is -2.36. The molecular weight excluding hydrogens is 228 g/mol. The summed E-state index contributed by atoms with van der Waals surface area (Å²) in [5, 5.41) is 2.91. The molecule has 4 nitrogen and oxygen atoms in total. The molecule has 0 aliphatic heterocycles. The molecule has 2 aliphatic carbocycles. The predicted octanol–water partition coefficient (Wildman–Crippen LogP) is 1.41. The highest BCUT2D eigenvalue weighted by Crippen LogP contribution is 2.54. The third-order valence-corrected chi connectivity index (χ3v) is 4.37. The fraction of sp³-hybridized carbons (Fsp3) is 0.857. The molecule has 0 aromatic heterocycles. The zero-order valence-corrected chi connectivity index (χ0v) is 11.4. The van der Waals surface area contributed by atoms with Gasteiger partial charge < -0.3 is 10.2 Å². The lowest BCUT2D eigenvalue weighted by Gasteiger charge is -2.19. The molecule has 1 N–H and O–H groups in total. The molecule has 0 aromatic carbocycles. The average Bonchev–Trinajstić information content (AvgIpc) is 2.97. The number of hydrogen-bond donors (Lipinski definition) is 1. The minimum atomic E-state index is 0.134. The van der Waals surface area contributed by atoms with Gasteiger partial charge in [0, 0.05) is 32.0 Å². The van der Waals surface area contributed by atoms with E-state index in [9.17, 15) is 9.59 Å². The third kappa shape index (κ3) is 3.03. The van der Waals surface area contributed by atoms with Gasteiger partial charge in [-0.15, -0.1) is 0 Å². The van der Waals surface area contributed by atoms with Gasteiger partial charge in [-0.3, -0.25) is 9.59 Å². The molecule has 0 bridgehead atoms. The van der Waals surface area contributed by atoms with Crippen LogP contribution in [0, 0.1) is 17.8 Å². The van der Waals surface area contributed by atoms with Crippen molar-refractivity contribution >= 4 is 11.8 Å². The zero-order valence-electron chi connectivity index (χ0n) is 11.4. The molecule has 2 unspecified atom stereocenters. The van der Waals surface area contributed by atoms with E-state index in [1.54, 1.807) is 4.90 Å². The van der Waals surface area contributed by atoms with Gasteiger partial charge in [-0.2, -0.15) is 0 Å². The average molecular weight is 252 g/mol. The van der Waals surface area contributed by atoms with Crippen LogP contribution in [0.3, 0.4) is 0 Å². The van der Waals surface area contributed by atoms with Crippen LogP contribution in [0.4, 0.5) is 0 Å². The number of nitrogens with zero attached hydrogens (tertiary/aromatic N) is 1. The maximum absolute atomic E-state index is 11.9. The van der Waals surface area contributed by atoms with Crippen molar-refractivity contribution in [2.75, 3.05) is 19.6 Å². The molecule has 0 heterocycles. The summed E-state index contributed by atoms with van der Waals surface area (Å²) in [7, 11) is 0. The van der Waals surface area contributed by atoms with E-state index in [4.69, 9.17) is 0 Å². The van der Waals surface area contributed by atoms with E-state index in [2.05, 4.69) is 5.32 Å². The van der Waals surface area contributed by atoms with Crippen molar-refractivity contribution in [2.24, 2.45) is 17.8 Å². The number of amides is 2. The summed E-state index contributed by atoms with van der Waals surface area (Å²) >= 11 is 0. The second-order valence-corrected chi connectivity index (χ2v) is 5.53. The Balaban J connectivity index is 1.62. The summed E-state index contributed by atoms with van der Waals surface area (Å²) in [5.41, 5.74) is 0. The van der Waals surface area contributed by atoms with Crippen molar-refractivity contribution in [3.05, 3.63) is 0 Å². The first-order chi connectivity index (χ1) is 8.65. The Labute approximate surface area is 109 Å². The van der Waals surface area contributed by atoms with E-state index >= 15 is 0 Å². The largest absolute Gasteiger partial charge is 0.355 e. The van der Waals surface area contributed by atoms with Gasteiger partial charge in [0.2, 0.25) is 11.8 Å². The standard InChI is InChI=1S/C14H24N2O2/c1-3-16(4-2)13(17)5-6-15-14(18)12-8-10-7-11(10)9-12/h10-12H,3-9H2,1-2H3,(H,15,18). The van der Waals surface area contributed by atoms with Crippen LogP contribution in [-0.4, -0.2) is 36.3 Å². The van der Waals surface area contributed by atoms with Crippen LogP contribution in [0.15, 0.2) is 0 Å². The first-order valence-electron chi connectivity index (χ1n) is 7.21. The third-order valence-electron chi connectivity index (χ3n) is 4.37. The molecule has 0 aromatic rings. The highest BCUT2D eigenvalue weighted by Gasteiger charge is 2.47. The van der Waals surface area contributed by atoms with Crippen LogP contribution in [0.1, 0.15) is 39.5 Å². The SMILES string of the molecule is CCN(CC)C(=O)CCNC(=O)C1CC2CC2C1. The van der Waals surface area contributed by atoms with Crippen LogP contribution in [0.2, 0.25) is 0 Å². The topological polar surface area (TPSA) is 49.4 Å². The monoisotopic (exact) mass is 252 g/mol. The van der Waals surface area contributed by atoms with Crippen molar-refractivity contribution in [1.82, 2.24) is 10.2 Å². The van der Waals surface area contributed by atoms with Gasteiger partial charge in [-0.1, -0.05) is 0 Å². The van der Waals surface area contributed by atoms with E-state index in [1.165, 1.54) is 6.42 Å². The van der Waals surface area contributed by atoms with E-state index in [-0.39, 0.29) is 17.7 Å². The molecule has 0 radical (unpaired) electrons. The molecule has 2 fully saturated rings. The molecule has 102 valence electrons. The normalized spacial score (nSPS) is 28.7. The maximum Gasteiger partial charge on any atom is 0.224 e. The Morgan fingerprint density at radius 2 is 1.72 bits per heavy atom. The van der Waals surface area contributed by atoms with Gasteiger partial charge in [0.15, 0.2) is 0 Å². The van der Waals surface area contributed by atoms with E-state index in [0.717, 1.165) is 37.8 Å². The second kappa shape index (κ2) is 5.72. The highest BCUT2D eigenvalue weighted by molar-refractivity contribution is 5.81. The molecular formula is C14H24N2O2. The Morgan fingerprint density at radius 3 is 2.28 bits per heavy atom. The highest BCUT2D eigenvalue weighted by atomic mass is 16.2.